The van der Waals surface area contributed by atoms with Crippen LogP contribution in [0.5, 0.6) is 46.3 Å². The first-order chi connectivity index (χ1) is 25.9. The van der Waals surface area contributed by atoms with Gasteiger partial charge < -0.3 is 18.9 Å². The zero-order chi connectivity index (χ0) is 36.3. The van der Waals surface area contributed by atoms with E-state index >= 15 is 0 Å². The van der Waals surface area contributed by atoms with Crippen LogP contribution in [0.1, 0.15) is 50.7 Å². The highest BCUT2D eigenvalue weighted by Crippen LogP contribution is 2.45. The lowest BCUT2D eigenvalue weighted by Crippen LogP contribution is -2.01. The van der Waals surface area contributed by atoms with Crippen molar-refractivity contribution < 1.29 is 18.9 Å². The number of rotatable bonds is 11. The van der Waals surface area contributed by atoms with E-state index in [1.165, 1.54) is 0 Å². The van der Waals surface area contributed by atoms with Crippen molar-refractivity contribution in [2.45, 2.75) is 39.5 Å². The maximum Gasteiger partial charge on any atom is 0.234 e. The maximum atomic E-state index is 6.58. The van der Waals surface area contributed by atoms with Gasteiger partial charge in [0.15, 0.2) is 0 Å². The first kappa shape index (κ1) is 33.4. The molecule has 0 radical (unpaired) electrons. The van der Waals surface area contributed by atoms with Crippen molar-refractivity contribution in [3.63, 3.8) is 0 Å². The van der Waals surface area contributed by atoms with Gasteiger partial charge in [0.2, 0.25) is 17.7 Å². The van der Waals surface area contributed by atoms with Gasteiger partial charge in [-0.1, -0.05) is 52.0 Å². The largest absolute Gasteiger partial charge is 0.457 e. The molecule has 9 nitrogen and oxygen atoms in total. The number of hydrogen-bond acceptors (Lipinski definition) is 8. The third-order valence-electron chi connectivity index (χ3n) is 8.77. The van der Waals surface area contributed by atoms with Crippen molar-refractivity contribution >= 4 is 21.8 Å². The molecular weight excluding hydrogens is 663 g/mol. The normalized spacial score (nSPS) is 11.4. The topological polar surface area (TPSA) is 93.4 Å². The Balaban J connectivity index is 1.26. The number of nitrogens with zero attached hydrogens (tertiary/aromatic N) is 5. The van der Waals surface area contributed by atoms with Crippen LogP contribution in [0, 0.1) is 0 Å². The molecule has 0 bridgehead atoms. The Hall–Kier alpha value is -6.74. The number of pyridine rings is 2. The minimum Gasteiger partial charge on any atom is -0.457 e. The molecule has 0 atom stereocenters. The SMILES string of the molecule is CC(C)c1cc(Oc2cccc(Oc3ccccn3)c2)cc2c1c1c(C(C)C)cc(Oc3cccc(Oc4ccccn4)c3)cc1n2-c1ncccn1. The van der Waals surface area contributed by atoms with E-state index in [-0.39, 0.29) is 11.8 Å². The summed E-state index contributed by atoms with van der Waals surface area (Å²) in [6.07, 6.45) is 6.91. The Bertz CT molecular complexity index is 2360. The van der Waals surface area contributed by atoms with Crippen LogP contribution in [-0.2, 0) is 0 Å². The smallest absolute Gasteiger partial charge is 0.234 e. The van der Waals surface area contributed by atoms with Crippen molar-refractivity contribution in [3.05, 3.63) is 151 Å². The summed E-state index contributed by atoms with van der Waals surface area (Å²) in [5, 5.41) is 2.26. The zero-order valence-corrected chi connectivity index (χ0v) is 29.8. The summed E-state index contributed by atoms with van der Waals surface area (Å²) in [6, 6.07) is 36.5. The summed E-state index contributed by atoms with van der Waals surface area (Å²) in [7, 11) is 0. The Labute approximate surface area is 307 Å². The molecule has 0 fully saturated rings. The van der Waals surface area contributed by atoms with Crippen LogP contribution in [0.4, 0.5) is 0 Å². The lowest BCUT2D eigenvalue weighted by Gasteiger charge is -2.15. The van der Waals surface area contributed by atoms with E-state index in [1.54, 1.807) is 24.8 Å². The van der Waals surface area contributed by atoms with Crippen LogP contribution >= 0.6 is 0 Å². The number of benzene rings is 4. The van der Waals surface area contributed by atoms with Crippen LogP contribution in [0.25, 0.3) is 27.8 Å². The van der Waals surface area contributed by atoms with E-state index in [9.17, 15) is 0 Å². The molecule has 4 aromatic heterocycles. The highest BCUT2D eigenvalue weighted by molar-refractivity contribution is 6.13. The summed E-state index contributed by atoms with van der Waals surface area (Å²) < 4.78 is 27.3. The summed E-state index contributed by atoms with van der Waals surface area (Å²) >= 11 is 0. The molecule has 8 aromatic rings. The van der Waals surface area contributed by atoms with Crippen LogP contribution in [0.3, 0.4) is 0 Å². The Morgan fingerprint density at radius 1 is 0.415 bits per heavy atom. The minimum absolute atomic E-state index is 0.174. The molecule has 0 amide bonds. The summed E-state index contributed by atoms with van der Waals surface area (Å²) in [6.45, 7) is 8.81. The molecule has 0 aliphatic carbocycles. The Morgan fingerprint density at radius 3 is 1.26 bits per heavy atom. The first-order valence-electron chi connectivity index (χ1n) is 17.6. The van der Waals surface area contributed by atoms with Gasteiger partial charge in [-0.2, -0.15) is 0 Å². The fourth-order valence-corrected chi connectivity index (χ4v) is 6.45. The zero-order valence-electron chi connectivity index (χ0n) is 29.8. The maximum absolute atomic E-state index is 6.58. The molecule has 4 aromatic carbocycles. The van der Waals surface area contributed by atoms with Gasteiger partial charge in [-0.25, -0.2) is 19.9 Å². The third kappa shape index (κ3) is 7.10. The van der Waals surface area contributed by atoms with Crippen LogP contribution in [-0.4, -0.2) is 24.5 Å². The van der Waals surface area contributed by atoms with Gasteiger partial charge in [0.05, 0.1) is 11.0 Å². The summed E-state index contributed by atoms with van der Waals surface area (Å²) in [5.74, 6) is 5.81. The quantitative estimate of drug-likeness (QED) is 0.132. The van der Waals surface area contributed by atoms with Gasteiger partial charge >= 0.3 is 0 Å². The second-order valence-corrected chi connectivity index (χ2v) is 13.2. The molecule has 0 saturated carbocycles. The molecule has 0 N–H and O–H groups in total. The van der Waals surface area contributed by atoms with E-state index in [0.717, 1.165) is 32.9 Å². The van der Waals surface area contributed by atoms with Gasteiger partial charge in [-0.15, -0.1) is 0 Å². The van der Waals surface area contributed by atoms with E-state index < -0.39 is 0 Å². The van der Waals surface area contributed by atoms with Gasteiger partial charge in [-0.3, -0.25) is 4.57 Å². The van der Waals surface area contributed by atoms with Crippen molar-refractivity contribution in [1.29, 1.82) is 0 Å². The van der Waals surface area contributed by atoms with Gasteiger partial charge in [0.1, 0.15) is 34.5 Å². The van der Waals surface area contributed by atoms with E-state index in [1.807, 2.05) is 91.0 Å². The molecular formula is C44H37N5O4. The van der Waals surface area contributed by atoms with Gasteiger partial charge in [-0.05, 0) is 77.6 Å². The van der Waals surface area contributed by atoms with Crippen LogP contribution in [0.2, 0.25) is 0 Å². The molecule has 9 heteroatoms. The first-order valence-corrected chi connectivity index (χ1v) is 17.6. The number of ether oxygens (including phenoxy) is 4. The predicted octanol–water partition coefficient (Wildman–Crippen LogP) is 11.8. The van der Waals surface area contributed by atoms with Crippen molar-refractivity contribution in [3.8, 4) is 52.2 Å². The molecule has 0 spiro atoms. The van der Waals surface area contributed by atoms with E-state index in [0.29, 0.717) is 52.2 Å². The molecule has 0 aliphatic heterocycles. The summed E-state index contributed by atoms with van der Waals surface area (Å²) in [4.78, 5) is 18.0. The van der Waals surface area contributed by atoms with Gasteiger partial charge in [0.25, 0.3) is 0 Å². The second-order valence-electron chi connectivity index (χ2n) is 13.2. The third-order valence-corrected chi connectivity index (χ3v) is 8.77. The molecule has 8 rings (SSSR count). The van der Waals surface area contributed by atoms with Crippen molar-refractivity contribution in [1.82, 2.24) is 24.5 Å². The van der Waals surface area contributed by atoms with Gasteiger partial charge in [0, 0.05) is 72.0 Å². The Kier molecular flexibility index (Phi) is 9.12. The number of aromatic nitrogens is 5. The molecule has 0 unspecified atom stereocenters. The minimum atomic E-state index is 0.174. The van der Waals surface area contributed by atoms with Crippen LogP contribution < -0.4 is 18.9 Å². The molecule has 53 heavy (non-hydrogen) atoms. The fraction of sp³-hybridized carbons (Fsp3) is 0.136. The second kappa shape index (κ2) is 14.5. The standard InChI is InChI=1S/C44H37N5O4/c1-28(2)36-24-34(50-30-12-9-14-32(22-30)52-40-16-5-7-18-45-40)26-38-42(36)43-37(29(3)4)25-35(27-39(43)49(38)44-47-20-11-21-48-44)51-31-13-10-15-33(23-31)53-41-17-6-8-19-46-41/h5-29H,1-4H3. The number of fused-ring (bicyclic) bond motifs is 3. The summed E-state index contributed by atoms with van der Waals surface area (Å²) in [5.41, 5.74) is 4.15. The highest BCUT2D eigenvalue weighted by atomic mass is 16.5. The molecule has 0 saturated heterocycles. The number of hydrogen-bond donors (Lipinski definition) is 0. The lowest BCUT2D eigenvalue weighted by molar-refractivity contribution is 0.448. The average molecular weight is 700 g/mol. The molecule has 4 heterocycles. The van der Waals surface area contributed by atoms with Crippen LogP contribution in [0.15, 0.2) is 140 Å². The van der Waals surface area contributed by atoms with E-state index in [2.05, 4.69) is 66.5 Å². The Morgan fingerprint density at radius 2 is 0.849 bits per heavy atom. The highest BCUT2D eigenvalue weighted by Gasteiger charge is 2.24. The predicted molar refractivity (Wildman–Crippen MR) is 206 cm³/mol. The van der Waals surface area contributed by atoms with Crippen molar-refractivity contribution in [2.24, 2.45) is 0 Å². The average Bonchev–Trinajstić information content (AvgIpc) is 3.49. The van der Waals surface area contributed by atoms with Crippen molar-refractivity contribution in [2.75, 3.05) is 0 Å². The fourth-order valence-electron chi connectivity index (χ4n) is 6.45. The molecule has 0 aliphatic rings. The molecule has 262 valence electrons. The van der Waals surface area contributed by atoms with E-state index in [4.69, 9.17) is 28.9 Å². The lowest BCUT2D eigenvalue weighted by atomic mass is 9.92. The monoisotopic (exact) mass is 699 g/mol.